The second-order valence-electron chi connectivity index (χ2n) is 11.4. The zero-order chi connectivity index (χ0) is 31.2. The molecule has 1 N–H and O–H groups in total. The van der Waals surface area contributed by atoms with Crippen molar-refractivity contribution in [2.24, 2.45) is 0 Å². The number of nitrogens with zero attached hydrogens (tertiary/aromatic N) is 6. The summed E-state index contributed by atoms with van der Waals surface area (Å²) in [6.45, 7) is 2.57. The zero-order valence-electron chi connectivity index (χ0n) is 24.1. The molecular formula is C31H29ClF3N7O2S. The highest BCUT2D eigenvalue weighted by atomic mass is 35.5. The van der Waals surface area contributed by atoms with Gasteiger partial charge in [-0.15, -0.1) is 11.3 Å². The summed E-state index contributed by atoms with van der Waals surface area (Å²) in [5.74, 6) is -1.48. The first kappa shape index (κ1) is 29.8. The minimum Gasteiger partial charge on any atom is -0.368 e. The number of alkyl halides is 2. The molecule has 1 atom stereocenters. The van der Waals surface area contributed by atoms with Crippen LogP contribution in [-0.4, -0.2) is 75.3 Å². The van der Waals surface area contributed by atoms with E-state index >= 15 is 4.39 Å². The van der Waals surface area contributed by atoms with E-state index in [9.17, 15) is 18.4 Å². The highest BCUT2D eigenvalue weighted by Crippen LogP contribution is 2.39. The van der Waals surface area contributed by atoms with Gasteiger partial charge in [0.2, 0.25) is 0 Å². The van der Waals surface area contributed by atoms with Crippen molar-refractivity contribution in [3.63, 3.8) is 0 Å². The zero-order valence-corrected chi connectivity index (χ0v) is 25.6. The fourth-order valence-corrected chi connectivity index (χ4v) is 7.31. The number of piperazine rings is 1. The molecule has 234 valence electrons. The van der Waals surface area contributed by atoms with Crippen LogP contribution in [-0.2, 0) is 24.3 Å². The van der Waals surface area contributed by atoms with Crippen molar-refractivity contribution in [2.45, 2.75) is 38.4 Å². The summed E-state index contributed by atoms with van der Waals surface area (Å²) < 4.78 is 43.2. The third kappa shape index (κ3) is 5.68. The molecule has 0 aliphatic carbocycles. The molecule has 2 aromatic carbocycles. The molecule has 4 aromatic rings. The van der Waals surface area contributed by atoms with Gasteiger partial charge in [-0.25, -0.2) is 23.1 Å². The van der Waals surface area contributed by atoms with Gasteiger partial charge in [0.25, 0.3) is 18.2 Å². The monoisotopic (exact) mass is 655 g/mol. The van der Waals surface area contributed by atoms with Crippen molar-refractivity contribution in [2.75, 3.05) is 42.9 Å². The molecule has 45 heavy (non-hydrogen) atoms. The quantitative estimate of drug-likeness (QED) is 0.271. The summed E-state index contributed by atoms with van der Waals surface area (Å²) in [6, 6.07) is 7.31. The van der Waals surface area contributed by atoms with Crippen molar-refractivity contribution >= 4 is 45.6 Å². The Labute approximate surface area is 266 Å². The van der Waals surface area contributed by atoms with Gasteiger partial charge in [0.15, 0.2) is 11.2 Å². The molecule has 1 unspecified atom stereocenters. The minimum atomic E-state index is -2.37. The number of hydrogen-bond donors (Lipinski definition) is 1. The fraction of sp³-hybridized carbons (Fsp3) is 0.355. The maximum absolute atomic E-state index is 15.7. The molecule has 0 spiro atoms. The summed E-state index contributed by atoms with van der Waals surface area (Å²) in [7, 11) is 0. The lowest BCUT2D eigenvalue weighted by Gasteiger charge is -2.36. The number of halogens is 4. The summed E-state index contributed by atoms with van der Waals surface area (Å²) in [5, 5.41) is 5.38. The lowest BCUT2D eigenvalue weighted by Crippen LogP contribution is -2.47. The Balaban J connectivity index is 1.15. The number of benzene rings is 2. The van der Waals surface area contributed by atoms with Gasteiger partial charge in [0.1, 0.15) is 5.82 Å². The van der Waals surface area contributed by atoms with E-state index in [1.54, 1.807) is 34.9 Å². The predicted molar refractivity (Wildman–Crippen MR) is 165 cm³/mol. The Hall–Kier alpha value is -3.94. The van der Waals surface area contributed by atoms with Crippen LogP contribution in [0, 0.1) is 5.82 Å². The van der Waals surface area contributed by atoms with Crippen LogP contribution >= 0.6 is 22.9 Å². The maximum atomic E-state index is 15.7. The predicted octanol–water partition coefficient (Wildman–Crippen LogP) is 5.47. The van der Waals surface area contributed by atoms with Crippen molar-refractivity contribution in [3.8, 4) is 11.1 Å². The smallest absolute Gasteiger partial charge is 0.255 e. The van der Waals surface area contributed by atoms with E-state index in [2.05, 4.69) is 15.3 Å². The standard InChI is InChI=1S/C31H29ClF3N7O2S/c32-22-13-18(3-4-24(22)40-9-7-39(8-10-40)16-26(34)35)19-12-20-21(23(33)14-19)15-42(30(20)44)28(29(43)38-31-36-5-11-45-31)27-25-2-1-6-41(25)17-37-27/h3-5,11-14,17,26,28H,1-2,6-10,15-16H2,(H,36,38,43). The number of carbonyl (C=O) groups is 2. The van der Waals surface area contributed by atoms with E-state index in [0.717, 1.165) is 30.8 Å². The normalized spacial score (nSPS) is 17.2. The lowest BCUT2D eigenvalue weighted by molar-refractivity contribution is -0.121. The molecule has 2 amide bonds. The maximum Gasteiger partial charge on any atom is 0.255 e. The van der Waals surface area contributed by atoms with Gasteiger partial charge in [-0.2, -0.15) is 0 Å². The van der Waals surface area contributed by atoms with Gasteiger partial charge in [-0.05, 0) is 48.2 Å². The van der Waals surface area contributed by atoms with Crippen molar-refractivity contribution in [1.82, 2.24) is 24.3 Å². The Morgan fingerprint density at radius 3 is 2.62 bits per heavy atom. The third-order valence-electron chi connectivity index (χ3n) is 8.68. The lowest BCUT2D eigenvalue weighted by atomic mass is 9.99. The van der Waals surface area contributed by atoms with E-state index in [1.165, 1.54) is 22.3 Å². The largest absolute Gasteiger partial charge is 0.368 e. The molecule has 3 aliphatic rings. The number of carbonyl (C=O) groups excluding carboxylic acids is 2. The molecule has 14 heteroatoms. The average Bonchev–Trinajstić information content (AvgIpc) is 3.82. The number of hydrogen-bond acceptors (Lipinski definition) is 7. The van der Waals surface area contributed by atoms with E-state index in [1.807, 2.05) is 21.6 Å². The van der Waals surface area contributed by atoms with Crippen LogP contribution in [0.4, 0.5) is 24.0 Å². The van der Waals surface area contributed by atoms with Gasteiger partial charge < -0.3 is 14.4 Å². The van der Waals surface area contributed by atoms with Crippen LogP contribution in [0.1, 0.15) is 39.8 Å². The number of amides is 2. The molecule has 2 aromatic heterocycles. The molecule has 0 bridgehead atoms. The van der Waals surface area contributed by atoms with Crippen LogP contribution in [0.2, 0.25) is 5.02 Å². The van der Waals surface area contributed by atoms with Gasteiger partial charge in [0.05, 0.1) is 35.8 Å². The van der Waals surface area contributed by atoms with Crippen LogP contribution in [0.3, 0.4) is 0 Å². The molecule has 5 heterocycles. The SMILES string of the molecule is O=C(Nc1nccs1)C(c1ncn2c1CCC2)N1Cc2c(F)cc(-c3ccc(N4CCN(CC(F)F)CC4)c(Cl)c3)cc2C1=O. The number of aryl methyl sites for hydroxylation is 1. The second-order valence-corrected chi connectivity index (χ2v) is 12.7. The average molecular weight is 656 g/mol. The molecule has 0 saturated carbocycles. The number of imidazole rings is 1. The molecule has 1 fully saturated rings. The molecule has 9 nitrogen and oxygen atoms in total. The van der Waals surface area contributed by atoms with Crippen LogP contribution < -0.4 is 10.2 Å². The number of fused-ring (bicyclic) bond motifs is 2. The van der Waals surface area contributed by atoms with Crippen LogP contribution in [0.15, 0.2) is 48.2 Å². The van der Waals surface area contributed by atoms with E-state index in [-0.39, 0.29) is 24.2 Å². The Bertz CT molecular complexity index is 1760. The third-order valence-corrected chi connectivity index (χ3v) is 9.67. The van der Waals surface area contributed by atoms with E-state index in [0.29, 0.717) is 53.2 Å². The van der Waals surface area contributed by atoms with Gasteiger partial charge in [-0.3, -0.25) is 19.8 Å². The van der Waals surface area contributed by atoms with Crippen molar-refractivity contribution < 1.29 is 22.8 Å². The summed E-state index contributed by atoms with van der Waals surface area (Å²) >= 11 is 7.94. The van der Waals surface area contributed by atoms with Crippen LogP contribution in [0.5, 0.6) is 0 Å². The highest BCUT2D eigenvalue weighted by molar-refractivity contribution is 7.13. The first-order valence-electron chi connectivity index (χ1n) is 14.7. The fourth-order valence-electron chi connectivity index (χ4n) is 6.47. The number of aromatic nitrogens is 3. The molecule has 1 saturated heterocycles. The number of nitrogens with one attached hydrogen (secondary N) is 1. The highest BCUT2D eigenvalue weighted by Gasteiger charge is 2.42. The van der Waals surface area contributed by atoms with E-state index < -0.39 is 30.1 Å². The van der Waals surface area contributed by atoms with Gasteiger partial charge >= 0.3 is 0 Å². The molecular weight excluding hydrogens is 627 g/mol. The minimum absolute atomic E-state index is 0.0836. The van der Waals surface area contributed by atoms with Crippen molar-refractivity contribution in [3.05, 3.63) is 81.6 Å². The first-order chi connectivity index (χ1) is 21.8. The van der Waals surface area contributed by atoms with Crippen LogP contribution in [0.25, 0.3) is 11.1 Å². The Morgan fingerprint density at radius 2 is 1.89 bits per heavy atom. The van der Waals surface area contributed by atoms with Crippen molar-refractivity contribution in [1.29, 1.82) is 0 Å². The summed E-state index contributed by atoms with van der Waals surface area (Å²) in [6.07, 6.45) is 2.53. The molecule has 7 rings (SSSR count). The first-order valence-corrected chi connectivity index (χ1v) is 16.0. The van der Waals surface area contributed by atoms with Gasteiger partial charge in [0, 0.05) is 61.1 Å². The van der Waals surface area contributed by atoms with Gasteiger partial charge in [-0.1, -0.05) is 17.7 Å². The molecule has 0 radical (unpaired) electrons. The summed E-state index contributed by atoms with van der Waals surface area (Å²) in [4.78, 5) is 41.5. The number of anilines is 2. The molecule has 3 aliphatic heterocycles. The number of thiazole rings is 1. The summed E-state index contributed by atoms with van der Waals surface area (Å²) in [5.41, 5.74) is 3.65. The topological polar surface area (TPSA) is 86.6 Å². The Kier molecular flexibility index (Phi) is 8.00. The van der Waals surface area contributed by atoms with E-state index in [4.69, 9.17) is 11.6 Å². The number of rotatable bonds is 8. The Morgan fingerprint density at radius 1 is 1.07 bits per heavy atom. The second kappa shape index (κ2) is 12.1.